The molecule has 2 unspecified atom stereocenters. The number of aromatic amines is 1. The van der Waals surface area contributed by atoms with Crippen LogP contribution in [0.5, 0.6) is 0 Å². The number of hydrogen-bond donors (Lipinski definition) is 3. The second kappa shape index (κ2) is 5.51. The Labute approximate surface area is 114 Å². The Hall–Kier alpha value is -1.06. The maximum atomic E-state index is 11.4. The summed E-state index contributed by atoms with van der Waals surface area (Å²) in [6, 6.07) is 0. The first-order chi connectivity index (χ1) is 8.99. The second-order valence-corrected chi connectivity index (χ2v) is 4.83. The number of aliphatic hydroxyl groups is 2. The number of rotatable bonds is 3. The van der Waals surface area contributed by atoms with Crippen LogP contribution in [0.3, 0.4) is 0 Å². The summed E-state index contributed by atoms with van der Waals surface area (Å²) in [4.78, 5) is 13.9. The Morgan fingerprint density at radius 2 is 2.32 bits per heavy atom. The van der Waals surface area contributed by atoms with Crippen LogP contribution in [0.2, 0.25) is 0 Å². The van der Waals surface area contributed by atoms with Crippen LogP contribution >= 0.6 is 12.2 Å². The zero-order valence-electron chi connectivity index (χ0n) is 10.6. The van der Waals surface area contributed by atoms with E-state index in [1.165, 1.54) is 11.7 Å². The smallest absolute Gasteiger partial charge is 0.326 e. The maximum Gasteiger partial charge on any atom is 0.326 e. The van der Waals surface area contributed by atoms with E-state index in [9.17, 15) is 9.90 Å². The van der Waals surface area contributed by atoms with Crippen molar-refractivity contribution < 1.29 is 19.7 Å². The molecule has 3 N–H and O–H groups in total. The van der Waals surface area contributed by atoms with Gasteiger partial charge in [0.25, 0.3) is 0 Å². The third-order valence-corrected chi connectivity index (χ3v) is 3.57. The van der Waals surface area contributed by atoms with Gasteiger partial charge in [0.1, 0.15) is 29.1 Å². The van der Waals surface area contributed by atoms with Gasteiger partial charge in [-0.2, -0.15) is 0 Å². The summed E-state index contributed by atoms with van der Waals surface area (Å²) in [6.45, 7) is -0.320. The molecule has 8 heteroatoms. The molecule has 2 heterocycles. The van der Waals surface area contributed by atoms with Crippen LogP contribution in [0.1, 0.15) is 11.7 Å². The quantitative estimate of drug-likeness (QED) is 0.633. The van der Waals surface area contributed by atoms with Crippen LogP contribution in [-0.2, 0) is 16.5 Å². The van der Waals surface area contributed by atoms with E-state index in [1.54, 1.807) is 13.2 Å². The van der Waals surface area contributed by atoms with Crippen molar-refractivity contribution in [1.82, 2.24) is 9.55 Å². The van der Waals surface area contributed by atoms with E-state index in [1.807, 2.05) is 0 Å². The molecule has 1 aromatic heterocycles. The van der Waals surface area contributed by atoms with Crippen LogP contribution in [0.25, 0.3) is 0 Å². The number of aryl methyl sites for hydroxylation is 1. The van der Waals surface area contributed by atoms with E-state index in [-0.39, 0.29) is 16.9 Å². The minimum absolute atomic E-state index is 0.237. The number of nitrogens with zero attached hydrogens (tertiary/aromatic N) is 1. The molecule has 106 valence electrons. The summed E-state index contributed by atoms with van der Waals surface area (Å²) in [5, 5.41) is 19.1. The number of aliphatic hydroxyl groups excluding tert-OH is 2. The number of ether oxygens (including phenoxy) is 2. The Balaban J connectivity index is 2.44. The fourth-order valence-electron chi connectivity index (χ4n) is 2.19. The molecule has 0 aromatic carbocycles. The number of H-pyrrole nitrogens is 1. The zero-order chi connectivity index (χ0) is 14.2. The summed E-state index contributed by atoms with van der Waals surface area (Å²) in [5.41, 5.74) is 0.207. The van der Waals surface area contributed by atoms with E-state index < -0.39 is 24.4 Å². The van der Waals surface area contributed by atoms with Gasteiger partial charge in [-0.05, 0) is 0 Å². The van der Waals surface area contributed by atoms with Crippen LogP contribution < -0.4 is 5.69 Å². The molecule has 0 aliphatic carbocycles. The lowest BCUT2D eigenvalue weighted by atomic mass is 10.0. The molecule has 2 rings (SSSR count). The fraction of sp³-hybridized carbons (Fsp3) is 0.636. The van der Waals surface area contributed by atoms with Crippen molar-refractivity contribution in [3.8, 4) is 0 Å². The molecule has 1 aliphatic heterocycles. The van der Waals surface area contributed by atoms with E-state index in [0.717, 1.165) is 0 Å². The average molecular weight is 288 g/mol. The predicted octanol–water partition coefficient (Wildman–Crippen LogP) is -0.749. The van der Waals surface area contributed by atoms with Crippen LogP contribution in [-0.4, -0.2) is 51.8 Å². The first-order valence-electron chi connectivity index (χ1n) is 5.76. The molecule has 0 spiro atoms. The van der Waals surface area contributed by atoms with Gasteiger partial charge in [-0.1, -0.05) is 12.2 Å². The summed E-state index contributed by atoms with van der Waals surface area (Å²) in [5.74, 6) is 0. The molecular formula is C11H16N2O5S. The van der Waals surface area contributed by atoms with Gasteiger partial charge in [0.15, 0.2) is 0 Å². The van der Waals surface area contributed by atoms with Crippen molar-refractivity contribution in [3.05, 3.63) is 26.9 Å². The molecule has 1 fully saturated rings. The third kappa shape index (κ3) is 2.49. The van der Waals surface area contributed by atoms with Gasteiger partial charge in [0, 0.05) is 25.9 Å². The van der Waals surface area contributed by atoms with Crippen molar-refractivity contribution in [2.45, 2.75) is 24.4 Å². The molecule has 0 amide bonds. The molecule has 19 heavy (non-hydrogen) atoms. The van der Waals surface area contributed by atoms with Crippen molar-refractivity contribution in [2.75, 3.05) is 13.7 Å². The summed E-state index contributed by atoms with van der Waals surface area (Å²) >= 11 is 5.10. The zero-order valence-corrected chi connectivity index (χ0v) is 11.4. The van der Waals surface area contributed by atoms with Gasteiger partial charge in [-0.15, -0.1) is 0 Å². The molecule has 4 atom stereocenters. The minimum atomic E-state index is -0.952. The minimum Gasteiger partial charge on any atom is -0.394 e. The lowest BCUT2D eigenvalue weighted by Gasteiger charge is -2.19. The van der Waals surface area contributed by atoms with Crippen LogP contribution in [0.4, 0.5) is 0 Å². The summed E-state index contributed by atoms with van der Waals surface area (Å²) < 4.78 is 12.3. The van der Waals surface area contributed by atoms with Gasteiger partial charge in [-0.25, -0.2) is 4.79 Å². The molecule has 1 aliphatic rings. The van der Waals surface area contributed by atoms with Crippen molar-refractivity contribution in [3.63, 3.8) is 0 Å². The summed E-state index contributed by atoms with van der Waals surface area (Å²) in [7, 11) is 3.02. The largest absolute Gasteiger partial charge is 0.394 e. The first-order valence-corrected chi connectivity index (χ1v) is 6.17. The fourth-order valence-corrected chi connectivity index (χ4v) is 2.44. The highest BCUT2D eigenvalue weighted by atomic mass is 32.1. The number of methoxy groups -OCH3 is 1. The molecule has 1 saturated heterocycles. The highest BCUT2D eigenvalue weighted by Gasteiger charge is 2.45. The maximum absolute atomic E-state index is 11.4. The molecule has 7 nitrogen and oxygen atoms in total. The average Bonchev–Trinajstić information content (AvgIpc) is 2.70. The molecule has 0 radical (unpaired) electrons. The van der Waals surface area contributed by atoms with Crippen LogP contribution in [0.15, 0.2) is 11.0 Å². The Bertz CT molecular complexity index is 569. The standard InChI is InChI=1S/C11H16N2O5S/c1-13-3-5(10(19)12-11(13)16)8-9(17-2)7(15)6(4-14)18-8/h3,6-9,14-15H,4H2,1-2H3,(H,12,16,19)/t6-,7?,8+,9?/m1/s1. The number of hydrogen-bond acceptors (Lipinski definition) is 6. The van der Waals surface area contributed by atoms with Crippen molar-refractivity contribution in [2.24, 2.45) is 7.05 Å². The van der Waals surface area contributed by atoms with Crippen molar-refractivity contribution >= 4 is 12.2 Å². The highest BCUT2D eigenvalue weighted by molar-refractivity contribution is 7.71. The van der Waals surface area contributed by atoms with E-state index in [2.05, 4.69) is 4.98 Å². The predicted molar refractivity (Wildman–Crippen MR) is 68.4 cm³/mol. The normalized spacial score (nSPS) is 30.7. The van der Waals surface area contributed by atoms with E-state index >= 15 is 0 Å². The lowest BCUT2D eigenvalue weighted by molar-refractivity contribution is -0.0239. The second-order valence-electron chi connectivity index (χ2n) is 4.42. The van der Waals surface area contributed by atoms with Gasteiger partial charge >= 0.3 is 5.69 Å². The Morgan fingerprint density at radius 3 is 2.89 bits per heavy atom. The topological polar surface area (TPSA) is 96.7 Å². The summed E-state index contributed by atoms with van der Waals surface area (Å²) in [6.07, 6.45) is -1.42. The monoisotopic (exact) mass is 288 g/mol. The SMILES string of the molecule is COC1C(O)[C@@H](CO)O[C@H]1c1cn(C)c(=O)[nH]c1=S. The van der Waals surface area contributed by atoms with E-state index in [4.69, 9.17) is 26.8 Å². The van der Waals surface area contributed by atoms with Gasteiger partial charge in [0.05, 0.1) is 6.61 Å². The van der Waals surface area contributed by atoms with Gasteiger partial charge in [-0.3, -0.25) is 4.98 Å². The van der Waals surface area contributed by atoms with E-state index in [0.29, 0.717) is 5.56 Å². The Morgan fingerprint density at radius 1 is 1.63 bits per heavy atom. The highest BCUT2D eigenvalue weighted by Crippen LogP contribution is 2.35. The first kappa shape index (κ1) is 14.4. The molecule has 0 saturated carbocycles. The number of nitrogens with one attached hydrogen (secondary N) is 1. The molecular weight excluding hydrogens is 272 g/mol. The van der Waals surface area contributed by atoms with Crippen molar-refractivity contribution in [1.29, 1.82) is 0 Å². The van der Waals surface area contributed by atoms with Gasteiger partial charge < -0.3 is 24.3 Å². The number of aromatic nitrogens is 2. The van der Waals surface area contributed by atoms with Gasteiger partial charge in [0.2, 0.25) is 0 Å². The molecule has 1 aromatic rings. The lowest BCUT2D eigenvalue weighted by Crippen LogP contribution is -2.34. The molecule has 0 bridgehead atoms. The third-order valence-electron chi connectivity index (χ3n) is 3.23. The van der Waals surface area contributed by atoms with Crippen LogP contribution in [0, 0.1) is 4.64 Å². The Kier molecular flexibility index (Phi) is 4.16.